The van der Waals surface area contributed by atoms with Crippen LogP contribution in [0.5, 0.6) is 0 Å². The van der Waals surface area contributed by atoms with Gasteiger partial charge in [-0.3, -0.25) is 4.79 Å². The Morgan fingerprint density at radius 3 is 2.50 bits per heavy atom. The van der Waals surface area contributed by atoms with Crippen LogP contribution in [0.15, 0.2) is 24.3 Å². The molecule has 1 aromatic carbocycles. The number of hydrogen-bond donors (Lipinski definition) is 1. The van der Waals surface area contributed by atoms with Crippen molar-refractivity contribution in [2.24, 2.45) is 0 Å². The van der Waals surface area contributed by atoms with E-state index in [0.29, 0.717) is 18.4 Å². The summed E-state index contributed by atoms with van der Waals surface area (Å²) in [6, 6.07) is 7.47. The number of rotatable bonds is 3. The largest absolute Gasteiger partial charge is 0.382 e. The number of amides is 1. The highest BCUT2D eigenvalue weighted by atomic mass is 32.2. The van der Waals surface area contributed by atoms with Crippen LogP contribution in [0.2, 0.25) is 0 Å². The van der Waals surface area contributed by atoms with Gasteiger partial charge < -0.3 is 10.2 Å². The maximum atomic E-state index is 11.9. The zero-order valence-corrected chi connectivity index (χ0v) is 12.6. The topological polar surface area (TPSA) is 66.5 Å². The summed E-state index contributed by atoms with van der Waals surface area (Å²) in [6.07, 6.45) is 1.24. The first-order valence-electron chi connectivity index (χ1n) is 6.66. The van der Waals surface area contributed by atoms with E-state index in [2.05, 4.69) is 5.32 Å². The third-order valence-electron chi connectivity index (χ3n) is 3.44. The van der Waals surface area contributed by atoms with E-state index in [-0.39, 0.29) is 23.5 Å². The van der Waals surface area contributed by atoms with E-state index in [1.165, 1.54) is 4.90 Å². The maximum absolute atomic E-state index is 11.9. The molecule has 6 heteroatoms. The Kier molecular flexibility index (Phi) is 4.32. The fourth-order valence-corrected chi connectivity index (χ4v) is 3.76. The van der Waals surface area contributed by atoms with E-state index < -0.39 is 9.84 Å². The molecule has 20 heavy (non-hydrogen) atoms. The third kappa shape index (κ3) is 3.72. The van der Waals surface area contributed by atoms with Gasteiger partial charge in [-0.05, 0) is 31.0 Å². The number of sulfone groups is 1. The van der Waals surface area contributed by atoms with Gasteiger partial charge in [-0.15, -0.1) is 0 Å². The van der Waals surface area contributed by atoms with Crippen LogP contribution < -0.4 is 5.32 Å². The second kappa shape index (κ2) is 5.83. The maximum Gasteiger partial charge on any atom is 0.253 e. The Hall–Kier alpha value is -1.56. The highest BCUT2D eigenvalue weighted by molar-refractivity contribution is 7.91. The highest BCUT2D eigenvalue weighted by Gasteiger charge is 2.23. The van der Waals surface area contributed by atoms with Crippen molar-refractivity contribution >= 4 is 21.4 Å². The van der Waals surface area contributed by atoms with Crippen LogP contribution >= 0.6 is 0 Å². The number of nitrogens with zero attached hydrogens (tertiary/aromatic N) is 1. The molecule has 0 bridgehead atoms. The monoisotopic (exact) mass is 296 g/mol. The molecule has 0 aromatic heterocycles. The zero-order chi connectivity index (χ0) is 14.8. The molecule has 1 heterocycles. The van der Waals surface area contributed by atoms with Crippen LogP contribution in [0.3, 0.4) is 0 Å². The Labute approximate surface area is 119 Å². The Balaban J connectivity index is 2.04. The predicted molar refractivity (Wildman–Crippen MR) is 79.8 cm³/mol. The van der Waals surface area contributed by atoms with Crippen LogP contribution in [0, 0.1) is 0 Å². The lowest BCUT2D eigenvalue weighted by Crippen LogP contribution is -2.32. The lowest BCUT2D eigenvalue weighted by Gasteiger charge is -2.24. The molecule has 1 aliphatic heterocycles. The fraction of sp³-hybridized carbons (Fsp3) is 0.500. The van der Waals surface area contributed by atoms with Gasteiger partial charge in [-0.25, -0.2) is 8.42 Å². The number of anilines is 1. The summed E-state index contributed by atoms with van der Waals surface area (Å²) in [5.41, 5.74) is 1.49. The molecule has 0 saturated carbocycles. The van der Waals surface area contributed by atoms with Crippen molar-refractivity contribution in [1.82, 2.24) is 4.90 Å². The van der Waals surface area contributed by atoms with Gasteiger partial charge >= 0.3 is 0 Å². The molecule has 0 atom stereocenters. The number of benzene rings is 1. The van der Waals surface area contributed by atoms with E-state index in [1.807, 2.05) is 18.2 Å². The average molecular weight is 296 g/mol. The first-order chi connectivity index (χ1) is 9.37. The van der Waals surface area contributed by atoms with Crippen LogP contribution in [0.4, 0.5) is 5.69 Å². The molecule has 0 spiro atoms. The molecule has 1 aromatic rings. The van der Waals surface area contributed by atoms with Crippen molar-refractivity contribution in [2.45, 2.75) is 18.9 Å². The minimum absolute atomic E-state index is 0.0418. The molecule has 1 N–H and O–H groups in total. The summed E-state index contributed by atoms with van der Waals surface area (Å²) in [5, 5.41) is 3.32. The van der Waals surface area contributed by atoms with Gasteiger partial charge in [-0.2, -0.15) is 0 Å². The first kappa shape index (κ1) is 14.8. The van der Waals surface area contributed by atoms with Crippen LogP contribution in [-0.2, 0) is 9.84 Å². The SMILES string of the molecule is CN(C)C(=O)c1cccc(NC2CCS(=O)(=O)CC2)c1. The minimum atomic E-state index is -2.84. The summed E-state index contributed by atoms with van der Waals surface area (Å²) in [6.45, 7) is 0. The van der Waals surface area contributed by atoms with Crippen molar-refractivity contribution in [3.05, 3.63) is 29.8 Å². The molecular weight excluding hydrogens is 276 g/mol. The molecule has 1 fully saturated rings. The number of carbonyl (C=O) groups is 1. The number of hydrogen-bond acceptors (Lipinski definition) is 4. The van der Waals surface area contributed by atoms with E-state index in [9.17, 15) is 13.2 Å². The molecule has 1 amide bonds. The predicted octanol–water partition coefficient (Wildman–Crippen LogP) is 1.38. The Bertz CT molecular complexity index is 582. The third-order valence-corrected chi connectivity index (χ3v) is 5.16. The zero-order valence-electron chi connectivity index (χ0n) is 11.8. The van der Waals surface area contributed by atoms with Gasteiger partial charge in [0.05, 0.1) is 11.5 Å². The van der Waals surface area contributed by atoms with Crippen molar-refractivity contribution in [1.29, 1.82) is 0 Å². The second-order valence-electron chi connectivity index (χ2n) is 5.35. The van der Waals surface area contributed by atoms with Gasteiger partial charge in [0.25, 0.3) is 5.91 Å². The molecule has 0 unspecified atom stereocenters. The summed E-state index contributed by atoms with van der Waals surface area (Å²) in [4.78, 5) is 13.4. The molecule has 5 nitrogen and oxygen atoms in total. The van der Waals surface area contributed by atoms with Gasteiger partial charge in [0.1, 0.15) is 9.84 Å². The summed E-state index contributed by atoms with van der Waals surface area (Å²) < 4.78 is 22.8. The molecule has 1 saturated heterocycles. The summed E-state index contributed by atoms with van der Waals surface area (Å²) in [5.74, 6) is 0.432. The van der Waals surface area contributed by atoms with E-state index in [0.717, 1.165) is 5.69 Å². The van der Waals surface area contributed by atoms with Crippen LogP contribution in [0.25, 0.3) is 0 Å². The van der Waals surface area contributed by atoms with E-state index >= 15 is 0 Å². The minimum Gasteiger partial charge on any atom is -0.382 e. The van der Waals surface area contributed by atoms with Crippen LogP contribution in [-0.4, -0.2) is 50.9 Å². The number of nitrogens with one attached hydrogen (secondary N) is 1. The molecular formula is C14H20N2O3S. The lowest BCUT2D eigenvalue weighted by atomic mass is 10.1. The van der Waals surface area contributed by atoms with E-state index in [4.69, 9.17) is 0 Å². The van der Waals surface area contributed by atoms with Gasteiger partial charge in [0, 0.05) is 31.4 Å². The van der Waals surface area contributed by atoms with Gasteiger partial charge in [0.2, 0.25) is 0 Å². The molecule has 1 aliphatic rings. The van der Waals surface area contributed by atoms with Crippen molar-refractivity contribution in [3.63, 3.8) is 0 Å². The normalized spacial score (nSPS) is 18.5. The quantitative estimate of drug-likeness (QED) is 0.915. The molecule has 0 radical (unpaired) electrons. The standard InChI is InChI=1S/C14H20N2O3S/c1-16(2)14(17)11-4-3-5-13(10-11)15-12-6-8-20(18,19)9-7-12/h3-5,10,12,15H,6-9H2,1-2H3. The van der Waals surface area contributed by atoms with Crippen LogP contribution in [0.1, 0.15) is 23.2 Å². The Morgan fingerprint density at radius 1 is 1.25 bits per heavy atom. The molecule has 2 rings (SSSR count). The lowest BCUT2D eigenvalue weighted by molar-refractivity contribution is 0.0827. The highest BCUT2D eigenvalue weighted by Crippen LogP contribution is 2.19. The molecule has 110 valence electrons. The average Bonchev–Trinajstić information content (AvgIpc) is 2.40. The Morgan fingerprint density at radius 2 is 1.90 bits per heavy atom. The van der Waals surface area contributed by atoms with Gasteiger partial charge in [-0.1, -0.05) is 6.07 Å². The van der Waals surface area contributed by atoms with Gasteiger partial charge in [0.15, 0.2) is 0 Å². The summed E-state index contributed by atoms with van der Waals surface area (Å²) >= 11 is 0. The van der Waals surface area contributed by atoms with Crippen molar-refractivity contribution < 1.29 is 13.2 Å². The van der Waals surface area contributed by atoms with Crippen molar-refractivity contribution in [3.8, 4) is 0 Å². The number of carbonyl (C=O) groups excluding carboxylic acids is 1. The smallest absolute Gasteiger partial charge is 0.253 e. The summed E-state index contributed by atoms with van der Waals surface area (Å²) in [7, 11) is 0.592. The molecule has 0 aliphatic carbocycles. The fourth-order valence-electron chi connectivity index (χ4n) is 2.27. The van der Waals surface area contributed by atoms with Crippen molar-refractivity contribution in [2.75, 3.05) is 30.9 Å². The van der Waals surface area contributed by atoms with E-state index in [1.54, 1.807) is 20.2 Å². The first-order valence-corrected chi connectivity index (χ1v) is 8.48. The second-order valence-corrected chi connectivity index (χ2v) is 7.65.